The highest BCUT2D eigenvalue weighted by Gasteiger charge is 2.31. The van der Waals surface area contributed by atoms with E-state index >= 15 is 0 Å². The number of piperazine rings is 1. The van der Waals surface area contributed by atoms with Crippen LogP contribution in [0.4, 0.5) is 18.0 Å². The summed E-state index contributed by atoms with van der Waals surface area (Å²) in [5.41, 5.74) is -0.436. The molecule has 0 spiro atoms. The number of hydrogen-bond donors (Lipinski definition) is 1. The lowest BCUT2D eigenvalue weighted by Gasteiger charge is -2.35. The zero-order valence-electron chi connectivity index (χ0n) is 14.5. The van der Waals surface area contributed by atoms with Crippen molar-refractivity contribution in [3.8, 4) is 0 Å². The molecule has 1 fully saturated rings. The number of nitrogens with one attached hydrogen (secondary N) is 1. The predicted molar refractivity (Wildman–Crippen MR) is 89.4 cm³/mol. The van der Waals surface area contributed by atoms with E-state index in [2.05, 4.69) is 5.32 Å². The van der Waals surface area contributed by atoms with Crippen LogP contribution in [0.2, 0.25) is 0 Å². The van der Waals surface area contributed by atoms with Crippen LogP contribution in [0, 0.1) is 0 Å². The quantitative estimate of drug-likeness (QED) is 0.838. The summed E-state index contributed by atoms with van der Waals surface area (Å²) in [5.74, 6) is 0. The van der Waals surface area contributed by atoms with Crippen LogP contribution in [0.3, 0.4) is 0 Å². The maximum atomic E-state index is 12.7. The summed E-state index contributed by atoms with van der Waals surface area (Å²) in [6.45, 7) is 0.705. The Labute approximate surface area is 150 Å². The molecular weight excluding hydrogens is 373 g/mol. The fourth-order valence-corrected chi connectivity index (χ4v) is 3.59. The maximum Gasteiger partial charge on any atom is 0.416 e. The molecule has 0 aliphatic carbocycles. The van der Waals surface area contributed by atoms with Crippen LogP contribution in [0.5, 0.6) is 0 Å². The molecule has 2 rings (SSSR count). The van der Waals surface area contributed by atoms with E-state index in [1.165, 1.54) is 35.4 Å². The van der Waals surface area contributed by atoms with Crippen LogP contribution in [0.15, 0.2) is 24.3 Å². The first-order chi connectivity index (χ1) is 12.0. The van der Waals surface area contributed by atoms with E-state index in [0.717, 1.165) is 16.4 Å². The maximum absolute atomic E-state index is 12.7. The SMILES string of the molecule is CN(C)S(=O)(=O)N1CCN(C(=O)NCc2cccc(C(F)(F)F)c2)CC1. The Kier molecular flexibility index (Phi) is 6.14. The van der Waals surface area contributed by atoms with Gasteiger partial charge in [-0.2, -0.15) is 30.2 Å². The van der Waals surface area contributed by atoms with Crippen molar-refractivity contribution in [2.45, 2.75) is 12.7 Å². The van der Waals surface area contributed by atoms with Gasteiger partial charge in [-0.3, -0.25) is 0 Å². The predicted octanol–water partition coefficient (Wildman–Crippen LogP) is 1.34. The van der Waals surface area contributed by atoms with Gasteiger partial charge in [0.05, 0.1) is 5.56 Å². The number of urea groups is 1. The van der Waals surface area contributed by atoms with Crippen LogP contribution < -0.4 is 5.32 Å². The van der Waals surface area contributed by atoms with Gasteiger partial charge in [0.25, 0.3) is 10.2 Å². The smallest absolute Gasteiger partial charge is 0.334 e. The van der Waals surface area contributed by atoms with E-state index in [1.807, 2.05) is 0 Å². The van der Waals surface area contributed by atoms with Gasteiger partial charge in [-0.1, -0.05) is 12.1 Å². The molecular formula is C15H21F3N4O3S. The van der Waals surface area contributed by atoms with Crippen molar-refractivity contribution in [3.05, 3.63) is 35.4 Å². The topological polar surface area (TPSA) is 73.0 Å². The van der Waals surface area contributed by atoms with Crippen molar-refractivity contribution in [1.29, 1.82) is 0 Å². The van der Waals surface area contributed by atoms with Crippen molar-refractivity contribution in [2.24, 2.45) is 0 Å². The second-order valence-electron chi connectivity index (χ2n) is 6.03. The second kappa shape index (κ2) is 7.80. The zero-order valence-corrected chi connectivity index (χ0v) is 15.3. The molecule has 0 aromatic heterocycles. The van der Waals surface area contributed by atoms with Gasteiger partial charge >= 0.3 is 12.2 Å². The molecule has 11 heteroatoms. The number of alkyl halides is 3. The lowest BCUT2D eigenvalue weighted by atomic mass is 10.1. The van der Waals surface area contributed by atoms with E-state index < -0.39 is 28.0 Å². The molecule has 1 saturated heterocycles. The van der Waals surface area contributed by atoms with Gasteiger partial charge in [0.1, 0.15) is 0 Å². The van der Waals surface area contributed by atoms with Gasteiger partial charge in [0.15, 0.2) is 0 Å². The molecule has 2 amide bonds. The fraction of sp³-hybridized carbons (Fsp3) is 0.533. The Bertz CT molecular complexity index is 745. The fourth-order valence-electron chi connectivity index (χ4n) is 2.50. The van der Waals surface area contributed by atoms with Gasteiger partial charge in [-0.25, -0.2) is 4.79 Å². The minimum absolute atomic E-state index is 0.0427. The van der Waals surface area contributed by atoms with Gasteiger partial charge in [0, 0.05) is 46.8 Å². The number of amides is 2. The monoisotopic (exact) mass is 394 g/mol. The molecule has 7 nitrogen and oxygen atoms in total. The third-order valence-corrected chi connectivity index (χ3v) is 5.95. The summed E-state index contributed by atoms with van der Waals surface area (Å²) >= 11 is 0. The highest BCUT2D eigenvalue weighted by Crippen LogP contribution is 2.29. The molecule has 0 bridgehead atoms. The molecule has 0 unspecified atom stereocenters. The van der Waals surface area contributed by atoms with Crippen LogP contribution in [-0.4, -0.2) is 68.2 Å². The molecule has 146 valence electrons. The number of hydrogen-bond acceptors (Lipinski definition) is 3. The first-order valence-corrected chi connectivity index (χ1v) is 9.28. The molecule has 1 aliphatic heterocycles. The molecule has 26 heavy (non-hydrogen) atoms. The summed E-state index contributed by atoms with van der Waals surface area (Å²) in [6.07, 6.45) is -4.44. The van der Waals surface area contributed by atoms with Gasteiger partial charge in [-0.05, 0) is 17.7 Å². The van der Waals surface area contributed by atoms with Gasteiger partial charge < -0.3 is 10.2 Å². The highest BCUT2D eigenvalue weighted by molar-refractivity contribution is 7.86. The van der Waals surface area contributed by atoms with E-state index in [1.54, 1.807) is 0 Å². The normalized spacial score (nSPS) is 16.8. The van der Waals surface area contributed by atoms with E-state index in [0.29, 0.717) is 5.56 Å². The first kappa shape index (κ1) is 20.5. The van der Waals surface area contributed by atoms with Crippen molar-refractivity contribution in [3.63, 3.8) is 0 Å². The average molecular weight is 394 g/mol. The van der Waals surface area contributed by atoms with Crippen molar-refractivity contribution in [1.82, 2.24) is 18.8 Å². The zero-order chi connectivity index (χ0) is 19.5. The third-order valence-electron chi connectivity index (χ3n) is 4.01. The molecule has 1 aromatic carbocycles. The summed E-state index contributed by atoms with van der Waals surface area (Å²) in [6, 6.07) is 4.30. The number of carbonyl (C=O) groups excluding carboxylic acids is 1. The third kappa shape index (κ3) is 4.86. The van der Waals surface area contributed by atoms with E-state index in [4.69, 9.17) is 0 Å². The van der Waals surface area contributed by atoms with Crippen molar-refractivity contribution < 1.29 is 26.4 Å². The standard InChI is InChI=1S/C15H21F3N4O3S/c1-20(2)26(24,25)22-8-6-21(7-9-22)14(23)19-11-12-4-3-5-13(10-12)15(16,17)18/h3-5,10H,6-9,11H2,1-2H3,(H,19,23). The Morgan fingerprint density at radius 1 is 1.19 bits per heavy atom. The van der Waals surface area contributed by atoms with Gasteiger partial charge in [0.2, 0.25) is 0 Å². The van der Waals surface area contributed by atoms with E-state index in [-0.39, 0.29) is 32.7 Å². The van der Waals surface area contributed by atoms with Crippen LogP contribution >= 0.6 is 0 Å². The Balaban J connectivity index is 1.89. The summed E-state index contributed by atoms with van der Waals surface area (Å²) in [7, 11) is -0.653. The molecule has 0 radical (unpaired) electrons. The number of benzene rings is 1. The number of carbonyl (C=O) groups is 1. The molecule has 0 saturated carbocycles. The lowest BCUT2D eigenvalue weighted by Crippen LogP contribution is -2.54. The highest BCUT2D eigenvalue weighted by atomic mass is 32.2. The summed E-state index contributed by atoms with van der Waals surface area (Å²) < 4.78 is 64.5. The Morgan fingerprint density at radius 2 is 1.81 bits per heavy atom. The minimum Gasteiger partial charge on any atom is -0.334 e. The lowest BCUT2D eigenvalue weighted by molar-refractivity contribution is -0.137. The Morgan fingerprint density at radius 3 is 2.35 bits per heavy atom. The van der Waals surface area contributed by atoms with Gasteiger partial charge in [-0.15, -0.1) is 0 Å². The molecule has 1 aromatic rings. The number of rotatable bonds is 4. The number of halogens is 3. The van der Waals surface area contributed by atoms with Crippen LogP contribution in [0.1, 0.15) is 11.1 Å². The molecule has 1 N–H and O–H groups in total. The Hall–Kier alpha value is -1.85. The second-order valence-corrected chi connectivity index (χ2v) is 8.18. The van der Waals surface area contributed by atoms with Crippen molar-refractivity contribution in [2.75, 3.05) is 40.3 Å². The molecule has 1 heterocycles. The van der Waals surface area contributed by atoms with Crippen LogP contribution in [-0.2, 0) is 22.9 Å². The molecule has 0 atom stereocenters. The summed E-state index contributed by atoms with van der Waals surface area (Å²) in [4.78, 5) is 13.6. The number of nitrogens with zero attached hydrogens (tertiary/aromatic N) is 3. The minimum atomic E-state index is -4.44. The van der Waals surface area contributed by atoms with Crippen LogP contribution in [0.25, 0.3) is 0 Å². The summed E-state index contributed by atoms with van der Waals surface area (Å²) in [5, 5.41) is 2.56. The van der Waals surface area contributed by atoms with Crippen molar-refractivity contribution >= 4 is 16.2 Å². The first-order valence-electron chi connectivity index (χ1n) is 7.88. The largest absolute Gasteiger partial charge is 0.416 e. The van der Waals surface area contributed by atoms with E-state index in [9.17, 15) is 26.4 Å². The average Bonchev–Trinajstić information content (AvgIpc) is 2.59. The molecule has 1 aliphatic rings.